The van der Waals surface area contributed by atoms with Crippen LogP contribution in [0.25, 0.3) is 0 Å². The van der Waals surface area contributed by atoms with Crippen molar-refractivity contribution in [2.45, 2.75) is 12.6 Å². The van der Waals surface area contributed by atoms with Gasteiger partial charge in [0.2, 0.25) is 0 Å². The summed E-state index contributed by atoms with van der Waals surface area (Å²) in [5.41, 5.74) is 0. The molecule has 1 aliphatic rings. The fourth-order valence-electron chi connectivity index (χ4n) is 1.41. The summed E-state index contributed by atoms with van der Waals surface area (Å²) in [6.07, 6.45) is 0. The lowest BCUT2D eigenvalue weighted by atomic mass is 10.2. The molecule has 0 unspecified atom stereocenters. The molecule has 0 bridgehead atoms. The lowest BCUT2D eigenvalue weighted by Crippen LogP contribution is -2.34. The van der Waals surface area contributed by atoms with Crippen LogP contribution >= 0.6 is 0 Å². The van der Waals surface area contributed by atoms with Crippen molar-refractivity contribution >= 4 is 0 Å². The van der Waals surface area contributed by atoms with Gasteiger partial charge >= 0.3 is 0 Å². The van der Waals surface area contributed by atoms with E-state index in [1.165, 1.54) is 0 Å². The van der Waals surface area contributed by atoms with E-state index in [0.29, 0.717) is 12.4 Å². The van der Waals surface area contributed by atoms with Crippen LogP contribution in [0, 0.1) is 0 Å². The van der Waals surface area contributed by atoms with E-state index in [9.17, 15) is 0 Å². The number of morpholine rings is 1. The molecule has 2 heterocycles. The summed E-state index contributed by atoms with van der Waals surface area (Å²) in [4.78, 5) is 0. The molecule has 1 aromatic heterocycles. The SMILES string of the molecule is OCc1ccc([C@H]2COCCN2)o1. The number of ether oxygens (including phenoxy) is 1. The minimum Gasteiger partial charge on any atom is -0.462 e. The molecule has 0 aromatic carbocycles. The topological polar surface area (TPSA) is 54.6 Å². The molecular formula is C9H13NO3. The molecule has 2 N–H and O–H groups in total. The van der Waals surface area contributed by atoms with Crippen molar-refractivity contribution in [2.75, 3.05) is 19.8 Å². The zero-order valence-corrected chi connectivity index (χ0v) is 7.32. The fraction of sp³-hybridized carbons (Fsp3) is 0.556. The lowest BCUT2D eigenvalue weighted by molar-refractivity contribution is 0.0688. The maximum atomic E-state index is 8.80. The maximum absolute atomic E-state index is 8.80. The molecule has 1 saturated heterocycles. The van der Waals surface area contributed by atoms with Crippen molar-refractivity contribution in [2.24, 2.45) is 0 Å². The predicted octanol–water partition coefficient (Wildman–Crippen LogP) is 0.433. The van der Waals surface area contributed by atoms with Crippen molar-refractivity contribution < 1.29 is 14.3 Å². The van der Waals surface area contributed by atoms with E-state index in [1.54, 1.807) is 6.07 Å². The third-order valence-corrected chi connectivity index (χ3v) is 2.10. The third kappa shape index (κ3) is 1.91. The molecule has 1 atom stereocenters. The van der Waals surface area contributed by atoms with Gasteiger partial charge in [0.1, 0.15) is 18.1 Å². The Morgan fingerprint density at radius 2 is 2.46 bits per heavy atom. The Balaban J connectivity index is 2.05. The standard InChI is InChI=1S/C9H13NO3/c11-5-7-1-2-9(13-7)8-6-12-4-3-10-8/h1-2,8,10-11H,3-6H2/t8-/m1/s1. The van der Waals surface area contributed by atoms with Crippen LogP contribution in [-0.2, 0) is 11.3 Å². The van der Waals surface area contributed by atoms with E-state index < -0.39 is 0 Å². The number of hydrogen-bond donors (Lipinski definition) is 2. The molecule has 1 aromatic rings. The lowest BCUT2D eigenvalue weighted by Gasteiger charge is -2.21. The van der Waals surface area contributed by atoms with E-state index in [1.807, 2.05) is 6.07 Å². The molecule has 4 nitrogen and oxygen atoms in total. The van der Waals surface area contributed by atoms with Crippen LogP contribution in [0.1, 0.15) is 17.6 Å². The van der Waals surface area contributed by atoms with Gasteiger partial charge in [0.25, 0.3) is 0 Å². The Morgan fingerprint density at radius 1 is 1.54 bits per heavy atom. The van der Waals surface area contributed by atoms with Gasteiger partial charge in [-0.25, -0.2) is 0 Å². The normalized spacial score (nSPS) is 23.3. The van der Waals surface area contributed by atoms with Crippen LogP contribution in [-0.4, -0.2) is 24.9 Å². The van der Waals surface area contributed by atoms with Gasteiger partial charge in [0.05, 0.1) is 19.3 Å². The van der Waals surface area contributed by atoms with E-state index in [0.717, 1.165) is 18.9 Å². The molecule has 2 rings (SSSR count). The van der Waals surface area contributed by atoms with Crippen LogP contribution in [0.2, 0.25) is 0 Å². The molecular weight excluding hydrogens is 170 g/mol. The largest absolute Gasteiger partial charge is 0.462 e. The number of nitrogens with one attached hydrogen (secondary N) is 1. The van der Waals surface area contributed by atoms with Gasteiger partial charge in [-0.05, 0) is 12.1 Å². The minimum absolute atomic E-state index is 0.0480. The van der Waals surface area contributed by atoms with Crippen molar-refractivity contribution in [3.05, 3.63) is 23.7 Å². The molecule has 13 heavy (non-hydrogen) atoms. The van der Waals surface area contributed by atoms with Crippen LogP contribution in [0.5, 0.6) is 0 Å². The first-order valence-electron chi connectivity index (χ1n) is 4.41. The van der Waals surface area contributed by atoms with Crippen LogP contribution in [0.4, 0.5) is 0 Å². The Kier molecular flexibility index (Phi) is 2.63. The average molecular weight is 183 g/mol. The monoisotopic (exact) mass is 183 g/mol. The summed E-state index contributed by atoms with van der Waals surface area (Å²) >= 11 is 0. The number of hydrogen-bond acceptors (Lipinski definition) is 4. The summed E-state index contributed by atoms with van der Waals surface area (Å²) in [5.74, 6) is 1.44. The summed E-state index contributed by atoms with van der Waals surface area (Å²) in [6, 6.07) is 3.79. The van der Waals surface area contributed by atoms with Crippen molar-refractivity contribution in [3.8, 4) is 0 Å². The van der Waals surface area contributed by atoms with Crippen LogP contribution < -0.4 is 5.32 Å². The van der Waals surface area contributed by atoms with Crippen LogP contribution in [0.15, 0.2) is 16.5 Å². The van der Waals surface area contributed by atoms with E-state index in [-0.39, 0.29) is 12.6 Å². The smallest absolute Gasteiger partial charge is 0.129 e. The van der Waals surface area contributed by atoms with Gasteiger partial charge in [-0.3, -0.25) is 0 Å². The summed E-state index contributed by atoms with van der Waals surface area (Å²) in [7, 11) is 0. The van der Waals surface area contributed by atoms with E-state index in [2.05, 4.69) is 5.32 Å². The number of furan rings is 1. The van der Waals surface area contributed by atoms with E-state index >= 15 is 0 Å². The fourth-order valence-corrected chi connectivity index (χ4v) is 1.41. The number of aliphatic hydroxyl groups excluding tert-OH is 1. The van der Waals surface area contributed by atoms with Crippen molar-refractivity contribution in [1.82, 2.24) is 5.32 Å². The highest BCUT2D eigenvalue weighted by Gasteiger charge is 2.18. The molecule has 72 valence electrons. The highest BCUT2D eigenvalue weighted by molar-refractivity contribution is 5.10. The molecule has 0 amide bonds. The average Bonchev–Trinajstić information content (AvgIpc) is 2.67. The second-order valence-corrected chi connectivity index (χ2v) is 3.04. The quantitative estimate of drug-likeness (QED) is 0.698. The zero-order chi connectivity index (χ0) is 9.10. The second kappa shape index (κ2) is 3.91. The molecule has 0 radical (unpaired) electrons. The maximum Gasteiger partial charge on any atom is 0.129 e. The molecule has 4 heteroatoms. The number of aliphatic hydroxyl groups is 1. The van der Waals surface area contributed by atoms with Gasteiger partial charge in [-0.1, -0.05) is 0 Å². The molecule has 1 fully saturated rings. The Labute approximate surface area is 76.5 Å². The highest BCUT2D eigenvalue weighted by Crippen LogP contribution is 2.18. The molecule has 0 spiro atoms. The Bertz CT molecular complexity index is 266. The number of rotatable bonds is 2. The first kappa shape index (κ1) is 8.74. The summed E-state index contributed by atoms with van der Waals surface area (Å²) in [6.45, 7) is 2.19. The minimum atomic E-state index is -0.0480. The first-order valence-corrected chi connectivity index (χ1v) is 4.41. The Hall–Kier alpha value is -0.840. The highest BCUT2D eigenvalue weighted by atomic mass is 16.5. The van der Waals surface area contributed by atoms with Gasteiger partial charge in [0, 0.05) is 6.54 Å². The van der Waals surface area contributed by atoms with Gasteiger partial charge in [-0.15, -0.1) is 0 Å². The molecule has 0 aliphatic carbocycles. The Morgan fingerprint density at radius 3 is 3.08 bits per heavy atom. The van der Waals surface area contributed by atoms with Gasteiger partial charge in [-0.2, -0.15) is 0 Å². The third-order valence-electron chi connectivity index (χ3n) is 2.10. The molecule has 1 aliphatic heterocycles. The first-order chi connectivity index (χ1) is 6.40. The van der Waals surface area contributed by atoms with Gasteiger partial charge in [0.15, 0.2) is 0 Å². The zero-order valence-electron chi connectivity index (χ0n) is 7.32. The van der Waals surface area contributed by atoms with Crippen molar-refractivity contribution in [1.29, 1.82) is 0 Å². The molecule has 0 saturated carbocycles. The second-order valence-electron chi connectivity index (χ2n) is 3.04. The summed E-state index contributed by atoms with van der Waals surface area (Å²) < 4.78 is 10.7. The van der Waals surface area contributed by atoms with Gasteiger partial charge < -0.3 is 19.6 Å². The van der Waals surface area contributed by atoms with Crippen molar-refractivity contribution in [3.63, 3.8) is 0 Å². The van der Waals surface area contributed by atoms with E-state index in [4.69, 9.17) is 14.3 Å². The van der Waals surface area contributed by atoms with Crippen LogP contribution in [0.3, 0.4) is 0 Å². The summed E-state index contributed by atoms with van der Waals surface area (Å²) in [5, 5.41) is 12.1. The predicted molar refractivity (Wildman–Crippen MR) is 46.2 cm³/mol.